The topological polar surface area (TPSA) is 52.6 Å². The summed E-state index contributed by atoms with van der Waals surface area (Å²) in [6.07, 6.45) is 1.60. The van der Waals surface area contributed by atoms with Gasteiger partial charge < -0.3 is 9.47 Å². The Morgan fingerprint density at radius 3 is 2.20 bits per heavy atom. The number of carbonyl (C=O) groups excluding carboxylic acids is 2. The van der Waals surface area contributed by atoms with Crippen LogP contribution in [-0.2, 0) is 20.7 Å². The van der Waals surface area contributed by atoms with Crippen molar-refractivity contribution < 1.29 is 19.1 Å². The lowest BCUT2D eigenvalue weighted by atomic mass is 9.97. The van der Waals surface area contributed by atoms with Gasteiger partial charge in [0.05, 0.1) is 12.0 Å². The third kappa shape index (κ3) is 5.07. The standard InChI is InChI=1S/C26H28O4/c1-17(2)24(27)29-14-6-7-18-8-12-22-19(15-18)9-10-20-16-21(11-13-23(20)22)30-25(28)26(3,4)5/h8-13,15-16H,1,6-7,14H2,2-5H3. The van der Waals surface area contributed by atoms with Crippen LogP contribution in [0, 0.1) is 5.41 Å². The molecular weight excluding hydrogens is 376 g/mol. The van der Waals surface area contributed by atoms with Gasteiger partial charge in [-0.1, -0.05) is 43.0 Å². The molecule has 3 rings (SSSR count). The minimum Gasteiger partial charge on any atom is -0.462 e. The Hall–Kier alpha value is -3.14. The molecule has 0 spiro atoms. The average Bonchev–Trinajstić information content (AvgIpc) is 2.69. The summed E-state index contributed by atoms with van der Waals surface area (Å²) in [6, 6.07) is 16.3. The molecule has 0 aliphatic carbocycles. The molecule has 0 heterocycles. The SMILES string of the molecule is C=C(C)C(=O)OCCCc1ccc2c(ccc3cc(OC(=O)C(C)(C)C)ccc32)c1. The van der Waals surface area contributed by atoms with Gasteiger partial charge in [-0.15, -0.1) is 0 Å². The molecule has 156 valence electrons. The predicted molar refractivity (Wildman–Crippen MR) is 121 cm³/mol. The van der Waals surface area contributed by atoms with Crippen LogP contribution in [-0.4, -0.2) is 18.5 Å². The Balaban J connectivity index is 1.75. The van der Waals surface area contributed by atoms with Crippen LogP contribution in [0.15, 0.2) is 60.7 Å². The lowest BCUT2D eigenvalue weighted by Gasteiger charge is -2.16. The summed E-state index contributed by atoms with van der Waals surface area (Å²) in [5, 5.41) is 4.45. The van der Waals surface area contributed by atoms with Crippen molar-refractivity contribution in [3.63, 3.8) is 0 Å². The van der Waals surface area contributed by atoms with E-state index < -0.39 is 5.41 Å². The van der Waals surface area contributed by atoms with Crippen LogP contribution in [0.4, 0.5) is 0 Å². The molecule has 0 aliphatic heterocycles. The zero-order valence-electron chi connectivity index (χ0n) is 18.1. The average molecular weight is 405 g/mol. The van der Waals surface area contributed by atoms with Crippen LogP contribution in [0.5, 0.6) is 5.75 Å². The molecule has 4 nitrogen and oxygen atoms in total. The van der Waals surface area contributed by atoms with E-state index in [4.69, 9.17) is 9.47 Å². The van der Waals surface area contributed by atoms with Gasteiger partial charge >= 0.3 is 11.9 Å². The van der Waals surface area contributed by atoms with E-state index in [0.717, 1.165) is 34.4 Å². The normalized spacial score (nSPS) is 11.5. The van der Waals surface area contributed by atoms with Crippen LogP contribution in [0.3, 0.4) is 0 Å². The summed E-state index contributed by atoms with van der Waals surface area (Å²) in [4.78, 5) is 23.6. The highest BCUT2D eigenvalue weighted by Crippen LogP contribution is 2.30. The summed E-state index contributed by atoms with van der Waals surface area (Å²) in [5.74, 6) is -0.0311. The summed E-state index contributed by atoms with van der Waals surface area (Å²) in [6.45, 7) is 11.1. The molecule has 0 atom stereocenters. The Labute approximate surface area is 177 Å². The van der Waals surface area contributed by atoms with E-state index in [1.165, 1.54) is 5.56 Å². The van der Waals surface area contributed by atoms with Crippen LogP contribution < -0.4 is 4.74 Å². The molecule has 0 aromatic heterocycles. The van der Waals surface area contributed by atoms with Crippen molar-refractivity contribution in [1.82, 2.24) is 0 Å². The molecule has 0 saturated carbocycles. The molecule has 0 saturated heterocycles. The Kier molecular flexibility index (Phi) is 6.25. The maximum atomic E-state index is 12.1. The minimum atomic E-state index is -0.544. The van der Waals surface area contributed by atoms with E-state index in [9.17, 15) is 9.59 Å². The molecule has 0 N–H and O–H groups in total. The molecular formula is C26H28O4. The van der Waals surface area contributed by atoms with Crippen molar-refractivity contribution in [2.24, 2.45) is 5.41 Å². The molecule has 0 aliphatic rings. The third-order valence-corrected chi connectivity index (χ3v) is 4.89. The largest absolute Gasteiger partial charge is 0.462 e. The highest BCUT2D eigenvalue weighted by molar-refractivity contribution is 6.08. The number of ether oxygens (including phenoxy) is 2. The van der Waals surface area contributed by atoms with Gasteiger partial charge in [0.15, 0.2) is 0 Å². The van der Waals surface area contributed by atoms with Gasteiger partial charge in [-0.25, -0.2) is 4.79 Å². The van der Waals surface area contributed by atoms with Crippen molar-refractivity contribution in [3.8, 4) is 5.75 Å². The molecule has 3 aromatic carbocycles. The zero-order chi connectivity index (χ0) is 21.9. The van der Waals surface area contributed by atoms with E-state index >= 15 is 0 Å². The molecule has 3 aromatic rings. The van der Waals surface area contributed by atoms with Crippen molar-refractivity contribution in [2.75, 3.05) is 6.61 Å². The van der Waals surface area contributed by atoms with E-state index in [1.54, 1.807) is 6.92 Å². The highest BCUT2D eigenvalue weighted by Gasteiger charge is 2.23. The fourth-order valence-corrected chi connectivity index (χ4v) is 3.14. The first kappa shape index (κ1) is 21.6. The third-order valence-electron chi connectivity index (χ3n) is 4.89. The number of aryl methyl sites for hydroxylation is 1. The molecule has 4 heteroatoms. The quantitative estimate of drug-likeness (QED) is 0.166. The van der Waals surface area contributed by atoms with Crippen molar-refractivity contribution in [1.29, 1.82) is 0 Å². The second-order valence-electron chi connectivity index (χ2n) is 8.66. The molecule has 0 fully saturated rings. The van der Waals surface area contributed by atoms with Crippen molar-refractivity contribution in [3.05, 3.63) is 66.2 Å². The fourth-order valence-electron chi connectivity index (χ4n) is 3.14. The summed E-state index contributed by atoms with van der Waals surface area (Å²) >= 11 is 0. The first-order chi connectivity index (χ1) is 14.1. The van der Waals surface area contributed by atoms with E-state index in [1.807, 2.05) is 45.0 Å². The van der Waals surface area contributed by atoms with Gasteiger partial charge in [-0.05, 0) is 79.8 Å². The van der Waals surface area contributed by atoms with Crippen LogP contribution in [0.1, 0.15) is 39.7 Å². The van der Waals surface area contributed by atoms with E-state index in [2.05, 4.69) is 30.8 Å². The van der Waals surface area contributed by atoms with Gasteiger partial charge in [0, 0.05) is 5.57 Å². The number of hydrogen-bond donors (Lipinski definition) is 0. The smallest absolute Gasteiger partial charge is 0.333 e. The van der Waals surface area contributed by atoms with Gasteiger partial charge in [-0.3, -0.25) is 4.79 Å². The highest BCUT2D eigenvalue weighted by atomic mass is 16.5. The number of esters is 2. The van der Waals surface area contributed by atoms with Crippen molar-refractivity contribution >= 4 is 33.5 Å². The molecule has 0 bridgehead atoms. The summed E-state index contributed by atoms with van der Waals surface area (Å²) in [5.41, 5.74) is 1.07. The van der Waals surface area contributed by atoms with Crippen molar-refractivity contribution in [2.45, 2.75) is 40.5 Å². The summed E-state index contributed by atoms with van der Waals surface area (Å²) in [7, 11) is 0. The maximum absolute atomic E-state index is 12.1. The number of fused-ring (bicyclic) bond motifs is 3. The molecule has 0 radical (unpaired) electrons. The van der Waals surface area contributed by atoms with E-state index in [-0.39, 0.29) is 11.9 Å². The second-order valence-corrected chi connectivity index (χ2v) is 8.66. The van der Waals surface area contributed by atoms with Gasteiger partial charge in [-0.2, -0.15) is 0 Å². The van der Waals surface area contributed by atoms with Crippen LogP contribution >= 0.6 is 0 Å². The monoisotopic (exact) mass is 404 g/mol. The number of rotatable bonds is 6. The number of carbonyl (C=O) groups is 2. The first-order valence-electron chi connectivity index (χ1n) is 10.2. The van der Waals surface area contributed by atoms with Gasteiger partial charge in [0.25, 0.3) is 0 Å². The number of hydrogen-bond acceptors (Lipinski definition) is 4. The summed E-state index contributed by atoms with van der Waals surface area (Å²) < 4.78 is 10.7. The fraction of sp³-hybridized carbons (Fsp3) is 0.308. The lowest BCUT2D eigenvalue weighted by molar-refractivity contribution is -0.143. The number of benzene rings is 3. The van der Waals surface area contributed by atoms with Gasteiger partial charge in [0.2, 0.25) is 0 Å². The Morgan fingerprint density at radius 2 is 1.57 bits per heavy atom. The molecule has 0 amide bonds. The zero-order valence-corrected chi connectivity index (χ0v) is 18.1. The Morgan fingerprint density at radius 1 is 0.933 bits per heavy atom. The Bertz CT molecular complexity index is 1120. The first-order valence-corrected chi connectivity index (χ1v) is 10.2. The molecule has 0 unspecified atom stereocenters. The van der Waals surface area contributed by atoms with Crippen LogP contribution in [0.2, 0.25) is 0 Å². The van der Waals surface area contributed by atoms with Crippen LogP contribution in [0.25, 0.3) is 21.5 Å². The minimum absolute atomic E-state index is 0.249. The predicted octanol–water partition coefficient (Wildman–Crippen LogP) is 6.00. The van der Waals surface area contributed by atoms with Gasteiger partial charge in [0.1, 0.15) is 5.75 Å². The second kappa shape index (κ2) is 8.70. The van der Waals surface area contributed by atoms with E-state index in [0.29, 0.717) is 17.9 Å². The lowest BCUT2D eigenvalue weighted by Crippen LogP contribution is -2.25. The molecule has 30 heavy (non-hydrogen) atoms. The maximum Gasteiger partial charge on any atom is 0.333 e.